The third-order valence-electron chi connectivity index (χ3n) is 10.6. The van der Waals surface area contributed by atoms with Crippen LogP contribution >= 0.6 is 0 Å². The lowest BCUT2D eigenvalue weighted by molar-refractivity contribution is -0.126. The lowest BCUT2D eigenvalue weighted by Crippen LogP contribution is -2.57. The normalized spacial score (nSPS) is 30.6. The molecule has 6 rings (SSSR count). The molecular weight excluding hydrogens is 517 g/mol. The second-order valence-electron chi connectivity index (χ2n) is 15.3. The number of likely N-dealkylation sites (tertiary alicyclic amines) is 2. The minimum atomic E-state index is -0.616. The lowest BCUT2D eigenvalue weighted by Gasteiger charge is -2.46. The molecule has 0 N–H and O–H groups in total. The summed E-state index contributed by atoms with van der Waals surface area (Å²) in [5.74, 6) is 0.949. The molecule has 41 heavy (non-hydrogen) atoms. The molecule has 4 heterocycles. The van der Waals surface area contributed by atoms with Gasteiger partial charge in [-0.25, -0.2) is 4.79 Å². The molecule has 1 aromatic carbocycles. The van der Waals surface area contributed by atoms with Crippen molar-refractivity contribution in [3.8, 4) is 0 Å². The van der Waals surface area contributed by atoms with Crippen LogP contribution in [-0.2, 0) is 24.3 Å². The number of hydrogen-bond acceptors (Lipinski definition) is 6. The smallest absolute Gasteiger partial charge is 0.444 e. The van der Waals surface area contributed by atoms with Gasteiger partial charge in [-0.05, 0) is 110 Å². The Morgan fingerprint density at radius 2 is 1.63 bits per heavy atom. The van der Waals surface area contributed by atoms with Crippen molar-refractivity contribution in [2.45, 2.75) is 122 Å². The topological polar surface area (TPSA) is 71.6 Å². The van der Waals surface area contributed by atoms with Gasteiger partial charge in [0.25, 0.3) is 0 Å². The van der Waals surface area contributed by atoms with Gasteiger partial charge in [-0.15, -0.1) is 0 Å². The molecule has 1 aliphatic carbocycles. The molecule has 9 heteroatoms. The Bertz CT molecular complexity index is 1200. The Hall–Kier alpha value is -2.10. The Kier molecular flexibility index (Phi) is 6.87. The van der Waals surface area contributed by atoms with Crippen LogP contribution in [0.5, 0.6) is 0 Å². The Morgan fingerprint density at radius 3 is 2.20 bits per heavy atom. The van der Waals surface area contributed by atoms with Crippen molar-refractivity contribution >= 4 is 30.3 Å². The first-order chi connectivity index (χ1) is 19.1. The lowest BCUT2D eigenvalue weighted by atomic mass is 9.71. The van der Waals surface area contributed by atoms with Crippen LogP contribution in [0.1, 0.15) is 93.1 Å². The molecule has 0 unspecified atom stereocenters. The van der Waals surface area contributed by atoms with Gasteiger partial charge in [-0.3, -0.25) is 9.69 Å². The van der Waals surface area contributed by atoms with Crippen LogP contribution in [0.3, 0.4) is 0 Å². The van der Waals surface area contributed by atoms with Gasteiger partial charge in [0.05, 0.1) is 16.6 Å². The summed E-state index contributed by atoms with van der Waals surface area (Å²) in [4.78, 5) is 33.8. The Labute approximate surface area is 246 Å². The molecule has 0 aromatic heterocycles. The van der Waals surface area contributed by atoms with Gasteiger partial charge in [0.15, 0.2) is 0 Å². The zero-order valence-electron chi connectivity index (χ0n) is 26.3. The molecule has 2 amide bonds. The zero-order valence-corrected chi connectivity index (χ0v) is 26.3. The zero-order chi connectivity index (χ0) is 29.5. The summed E-state index contributed by atoms with van der Waals surface area (Å²) >= 11 is 0. The third-order valence-corrected chi connectivity index (χ3v) is 10.6. The van der Waals surface area contributed by atoms with Gasteiger partial charge in [0.1, 0.15) is 5.60 Å². The average molecular weight is 566 g/mol. The Morgan fingerprint density at radius 1 is 1.00 bits per heavy atom. The van der Waals surface area contributed by atoms with Crippen LogP contribution in [0.25, 0.3) is 0 Å². The molecule has 4 fully saturated rings. The average Bonchev–Trinajstić information content (AvgIpc) is 3.44. The van der Waals surface area contributed by atoms with E-state index in [-0.39, 0.29) is 18.0 Å². The number of ether oxygens (including phenoxy) is 1. The summed E-state index contributed by atoms with van der Waals surface area (Å²) < 4.78 is 18.4. The minimum absolute atomic E-state index is 0.193. The van der Waals surface area contributed by atoms with E-state index < -0.39 is 29.3 Å². The number of benzene rings is 1. The second-order valence-corrected chi connectivity index (χ2v) is 15.3. The molecular formula is C32H48BN3O5. The summed E-state index contributed by atoms with van der Waals surface area (Å²) in [7, 11) is -0.479. The molecule has 1 atom stereocenters. The highest BCUT2D eigenvalue weighted by Gasteiger charge is 2.57. The van der Waals surface area contributed by atoms with Crippen molar-refractivity contribution in [1.29, 1.82) is 0 Å². The van der Waals surface area contributed by atoms with Crippen LogP contribution in [0.15, 0.2) is 18.2 Å². The van der Waals surface area contributed by atoms with E-state index in [4.69, 9.17) is 14.0 Å². The number of fused-ring (bicyclic) bond motifs is 2. The quantitative estimate of drug-likeness (QED) is 0.504. The fourth-order valence-corrected chi connectivity index (χ4v) is 7.35. The van der Waals surface area contributed by atoms with Crippen molar-refractivity contribution in [3.05, 3.63) is 23.8 Å². The number of anilines is 1. The van der Waals surface area contributed by atoms with E-state index >= 15 is 0 Å². The second kappa shape index (κ2) is 9.71. The van der Waals surface area contributed by atoms with Crippen LogP contribution < -0.4 is 10.4 Å². The van der Waals surface area contributed by atoms with Crippen LogP contribution in [-0.4, -0.2) is 84.0 Å². The number of piperidine rings is 1. The SMILES string of the molecule is C[C@H]1CCN(C2CC(N3C(=O)C4(CCN(C(=O)OC(C)(C)C)CC4)c4ccc(B5OC(C)(C)C(C)(C)O5)cc43)C2)C1. The first-order valence-corrected chi connectivity index (χ1v) is 15.7. The molecule has 8 nitrogen and oxygen atoms in total. The van der Waals surface area contributed by atoms with E-state index in [0.717, 1.165) is 35.5 Å². The highest BCUT2D eigenvalue weighted by Crippen LogP contribution is 2.51. The van der Waals surface area contributed by atoms with E-state index in [2.05, 4.69) is 62.6 Å². The van der Waals surface area contributed by atoms with E-state index in [1.54, 1.807) is 4.90 Å². The number of amides is 2. The first kappa shape index (κ1) is 29.0. The molecule has 0 radical (unpaired) electrons. The van der Waals surface area contributed by atoms with Crippen molar-refractivity contribution in [2.75, 3.05) is 31.1 Å². The Balaban J connectivity index is 1.28. The standard InChI is InChI=1S/C32H48BN3O5/c1-21-11-14-35(20-21)23-18-24(19-23)36-26-17-22(33-40-30(5,6)31(7,8)41-33)9-10-25(26)32(27(36)37)12-15-34(16-13-32)28(38)39-29(2,3)4/h9-10,17,21,23-24H,11-16,18-20H2,1-8H3/t21-,23?,24?/m0/s1. The van der Waals surface area contributed by atoms with Crippen molar-refractivity contribution in [2.24, 2.45) is 5.92 Å². The van der Waals surface area contributed by atoms with Gasteiger partial charge in [-0.2, -0.15) is 0 Å². The molecule has 0 bridgehead atoms. The predicted octanol–water partition coefficient (Wildman–Crippen LogP) is 4.47. The predicted molar refractivity (Wildman–Crippen MR) is 161 cm³/mol. The van der Waals surface area contributed by atoms with Gasteiger partial charge >= 0.3 is 13.2 Å². The maximum atomic E-state index is 14.5. The van der Waals surface area contributed by atoms with Crippen molar-refractivity contribution in [1.82, 2.24) is 9.80 Å². The summed E-state index contributed by atoms with van der Waals surface area (Å²) in [6.45, 7) is 19.6. The monoisotopic (exact) mass is 565 g/mol. The largest absolute Gasteiger partial charge is 0.494 e. The molecule has 224 valence electrons. The molecule has 4 aliphatic heterocycles. The van der Waals surface area contributed by atoms with Crippen molar-refractivity contribution in [3.63, 3.8) is 0 Å². The summed E-state index contributed by atoms with van der Waals surface area (Å²) in [6, 6.07) is 7.11. The summed E-state index contributed by atoms with van der Waals surface area (Å²) in [5, 5.41) is 0. The van der Waals surface area contributed by atoms with Gasteiger partial charge in [0, 0.05) is 37.4 Å². The molecule has 3 saturated heterocycles. The minimum Gasteiger partial charge on any atom is -0.444 e. The maximum Gasteiger partial charge on any atom is 0.494 e. The van der Waals surface area contributed by atoms with E-state index in [1.807, 2.05) is 20.8 Å². The summed E-state index contributed by atoms with van der Waals surface area (Å²) in [6.07, 6.45) is 4.19. The third kappa shape index (κ3) is 4.90. The molecule has 5 aliphatic rings. The number of rotatable bonds is 3. The molecule has 1 spiro atoms. The number of carbonyl (C=O) groups excluding carboxylic acids is 2. The first-order valence-electron chi connectivity index (χ1n) is 15.7. The van der Waals surface area contributed by atoms with Gasteiger partial charge in [0.2, 0.25) is 5.91 Å². The van der Waals surface area contributed by atoms with E-state index in [0.29, 0.717) is 32.0 Å². The fraction of sp³-hybridized carbons (Fsp3) is 0.750. The molecule has 1 saturated carbocycles. The van der Waals surface area contributed by atoms with E-state index in [9.17, 15) is 9.59 Å². The highest BCUT2D eigenvalue weighted by atomic mass is 16.7. The van der Waals surface area contributed by atoms with Crippen LogP contribution in [0.2, 0.25) is 0 Å². The molecule has 1 aromatic rings. The summed E-state index contributed by atoms with van der Waals surface area (Å²) in [5.41, 5.74) is 1.02. The van der Waals surface area contributed by atoms with Gasteiger partial charge < -0.3 is 23.8 Å². The number of carbonyl (C=O) groups is 2. The van der Waals surface area contributed by atoms with Crippen LogP contribution in [0.4, 0.5) is 10.5 Å². The van der Waals surface area contributed by atoms with Gasteiger partial charge in [-0.1, -0.05) is 19.1 Å². The highest BCUT2D eigenvalue weighted by molar-refractivity contribution is 6.62. The van der Waals surface area contributed by atoms with Crippen LogP contribution in [0, 0.1) is 5.92 Å². The van der Waals surface area contributed by atoms with Crippen molar-refractivity contribution < 1.29 is 23.6 Å². The fourth-order valence-electron chi connectivity index (χ4n) is 7.35. The van der Waals surface area contributed by atoms with E-state index in [1.165, 1.54) is 19.5 Å². The number of hydrogen-bond donors (Lipinski definition) is 0. The maximum absolute atomic E-state index is 14.5. The number of nitrogens with zero attached hydrogens (tertiary/aromatic N) is 3.